The minimum Gasteiger partial charge on any atom is -0.258 e. The molecule has 0 fully saturated rings. The molecule has 78 valence electrons. The number of aromatic nitrogens is 1. The van der Waals surface area contributed by atoms with Gasteiger partial charge in [-0.05, 0) is 11.8 Å². The fraction of sp³-hybridized carbons (Fsp3) is 0.222. The van der Waals surface area contributed by atoms with Gasteiger partial charge < -0.3 is 0 Å². The van der Waals surface area contributed by atoms with E-state index in [1.54, 1.807) is 29.2 Å². The first kappa shape index (κ1) is 10.4. The van der Waals surface area contributed by atoms with E-state index >= 15 is 0 Å². The molecule has 6 heteroatoms. The van der Waals surface area contributed by atoms with Gasteiger partial charge in [0.15, 0.2) is 4.34 Å². The van der Waals surface area contributed by atoms with Crippen molar-refractivity contribution < 1.29 is 4.92 Å². The molecule has 1 aromatic heterocycles. The van der Waals surface area contributed by atoms with Crippen molar-refractivity contribution in [3.8, 4) is 0 Å². The van der Waals surface area contributed by atoms with Crippen LogP contribution in [-0.4, -0.2) is 15.7 Å². The summed E-state index contributed by atoms with van der Waals surface area (Å²) >= 11 is 3.22. The van der Waals surface area contributed by atoms with E-state index < -0.39 is 4.92 Å². The van der Waals surface area contributed by atoms with Crippen molar-refractivity contribution in [2.24, 2.45) is 0 Å². The minimum absolute atomic E-state index is 0.0980. The van der Waals surface area contributed by atoms with Gasteiger partial charge in [0.25, 0.3) is 5.69 Å². The second-order valence-electron chi connectivity index (χ2n) is 2.82. The Morgan fingerprint density at radius 2 is 2.40 bits per heavy atom. The Labute approximate surface area is 94.5 Å². The molecule has 4 nitrogen and oxygen atoms in total. The molecule has 0 radical (unpaired) electrons. The molecule has 0 spiro atoms. The molecule has 0 aliphatic rings. The number of fused-ring (bicyclic) bond motifs is 1. The first-order valence-electron chi connectivity index (χ1n) is 4.38. The van der Waals surface area contributed by atoms with Gasteiger partial charge in [0.1, 0.15) is 0 Å². The second kappa shape index (κ2) is 4.16. The lowest BCUT2D eigenvalue weighted by Gasteiger charge is -1.89. The second-order valence-corrected chi connectivity index (χ2v) is 5.36. The van der Waals surface area contributed by atoms with Gasteiger partial charge in [0, 0.05) is 12.1 Å². The molecule has 0 unspecified atom stereocenters. The van der Waals surface area contributed by atoms with E-state index in [9.17, 15) is 10.1 Å². The van der Waals surface area contributed by atoms with E-state index in [2.05, 4.69) is 11.9 Å². The van der Waals surface area contributed by atoms with Crippen molar-refractivity contribution in [1.29, 1.82) is 0 Å². The van der Waals surface area contributed by atoms with Gasteiger partial charge in [-0.3, -0.25) is 10.1 Å². The maximum Gasteiger partial charge on any atom is 0.271 e. The number of nitro benzene ring substituents is 1. The molecular formula is C9H8N2O2S2. The molecule has 0 aliphatic heterocycles. The summed E-state index contributed by atoms with van der Waals surface area (Å²) in [7, 11) is 0. The van der Waals surface area contributed by atoms with Crippen LogP contribution in [-0.2, 0) is 0 Å². The summed E-state index contributed by atoms with van der Waals surface area (Å²) in [5.74, 6) is 0.960. The molecule has 2 rings (SSSR count). The lowest BCUT2D eigenvalue weighted by Crippen LogP contribution is -1.86. The third-order valence-corrected chi connectivity index (χ3v) is 3.89. The van der Waals surface area contributed by atoms with Crippen LogP contribution in [0.3, 0.4) is 0 Å². The van der Waals surface area contributed by atoms with Crippen molar-refractivity contribution in [2.45, 2.75) is 11.3 Å². The predicted octanol–water partition coefficient (Wildman–Crippen LogP) is 3.32. The van der Waals surface area contributed by atoms with Crippen LogP contribution in [0.2, 0.25) is 0 Å². The average Bonchev–Trinajstić information content (AvgIpc) is 2.59. The van der Waals surface area contributed by atoms with Gasteiger partial charge in [0.05, 0.1) is 15.1 Å². The van der Waals surface area contributed by atoms with Gasteiger partial charge in [0.2, 0.25) is 0 Å². The normalized spacial score (nSPS) is 10.7. The van der Waals surface area contributed by atoms with Crippen LogP contribution in [0, 0.1) is 10.1 Å². The fourth-order valence-electron chi connectivity index (χ4n) is 1.19. The van der Waals surface area contributed by atoms with Gasteiger partial charge in [-0.25, -0.2) is 4.98 Å². The zero-order valence-electron chi connectivity index (χ0n) is 7.97. The van der Waals surface area contributed by atoms with Gasteiger partial charge in [-0.2, -0.15) is 0 Å². The highest BCUT2D eigenvalue weighted by molar-refractivity contribution is 8.01. The Bertz CT molecular complexity index is 510. The Hall–Kier alpha value is -1.14. The number of hydrogen-bond donors (Lipinski definition) is 0. The summed E-state index contributed by atoms with van der Waals surface area (Å²) in [6.07, 6.45) is 0. The number of thioether (sulfide) groups is 1. The maximum atomic E-state index is 10.6. The molecule has 0 bridgehead atoms. The molecule has 2 aromatic rings. The quantitative estimate of drug-likeness (QED) is 0.469. The molecule has 15 heavy (non-hydrogen) atoms. The Kier molecular flexibility index (Phi) is 2.88. The average molecular weight is 240 g/mol. The molecule has 0 saturated heterocycles. The summed E-state index contributed by atoms with van der Waals surface area (Å²) in [6.45, 7) is 2.05. The highest BCUT2D eigenvalue weighted by Gasteiger charge is 2.09. The number of rotatable bonds is 3. The third kappa shape index (κ3) is 2.10. The van der Waals surface area contributed by atoms with Gasteiger partial charge in [-0.1, -0.05) is 18.7 Å². The molecule has 0 amide bonds. The third-order valence-electron chi connectivity index (χ3n) is 1.83. The molecule has 1 aromatic carbocycles. The van der Waals surface area contributed by atoms with E-state index in [0.29, 0.717) is 5.52 Å². The lowest BCUT2D eigenvalue weighted by molar-refractivity contribution is -0.384. The van der Waals surface area contributed by atoms with Crippen molar-refractivity contribution in [3.63, 3.8) is 0 Å². The summed E-state index contributed by atoms with van der Waals surface area (Å²) in [6, 6.07) is 4.79. The van der Waals surface area contributed by atoms with Crippen LogP contribution in [0.4, 0.5) is 5.69 Å². The Morgan fingerprint density at radius 3 is 3.07 bits per heavy atom. The van der Waals surface area contributed by atoms with E-state index in [0.717, 1.165) is 14.8 Å². The van der Waals surface area contributed by atoms with Crippen molar-refractivity contribution in [2.75, 3.05) is 5.75 Å². The first-order chi connectivity index (χ1) is 7.20. The zero-order chi connectivity index (χ0) is 10.8. The highest BCUT2D eigenvalue weighted by Crippen LogP contribution is 2.31. The van der Waals surface area contributed by atoms with Gasteiger partial charge in [-0.15, -0.1) is 11.3 Å². The molecular weight excluding hydrogens is 232 g/mol. The minimum atomic E-state index is -0.397. The van der Waals surface area contributed by atoms with Crippen molar-refractivity contribution in [1.82, 2.24) is 4.98 Å². The monoisotopic (exact) mass is 240 g/mol. The molecule has 0 saturated carbocycles. The smallest absolute Gasteiger partial charge is 0.258 e. The standard InChI is InChI=1S/C9H8N2O2S2/c1-2-14-9-10-7-5-6(11(12)13)3-4-8(7)15-9/h3-5H,2H2,1H3. The number of hydrogen-bond acceptors (Lipinski definition) is 5. The summed E-state index contributed by atoms with van der Waals surface area (Å²) in [5.41, 5.74) is 0.811. The van der Waals surface area contributed by atoms with Crippen LogP contribution in [0.15, 0.2) is 22.5 Å². The van der Waals surface area contributed by atoms with E-state index in [1.807, 2.05) is 0 Å². The number of thiazole rings is 1. The zero-order valence-corrected chi connectivity index (χ0v) is 9.60. The summed E-state index contributed by atoms with van der Waals surface area (Å²) in [5, 5.41) is 10.6. The number of non-ortho nitro benzene ring substituents is 1. The van der Waals surface area contributed by atoms with E-state index in [-0.39, 0.29) is 5.69 Å². The van der Waals surface area contributed by atoms with Crippen LogP contribution in [0.25, 0.3) is 10.2 Å². The number of nitro groups is 1. The van der Waals surface area contributed by atoms with Crippen molar-refractivity contribution >= 4 is 39.0 Å². The topological polar surface area (TPSA) is 56.0 Å². The maximum absolute atomic E-state index is 10.6. The number of nitrogens with zero attached hydrogens (tertiary/aromatic N) is 2. The highest BCUT2D eigenvalue weighted by atomic mass is 32.2. The Morgan fingerprint density at radius 1 is 1.60 bits per heavy atom. The predicted molar refractivity (Wildman–Crippen MR) is 62.7 cm³/mol. The van der Waals surface area contributed by atoms with E-state index in [4.69, 9.17) is 0 Å². The summed E-state index contributed by atoms with van der Waals surface area (Å²) < 4.78 is 1.96. The van der Waals surface area contributed by atoms with Crippen LogP contribution in [0.5, 0.6) is 0 Å². The molecule has 1 heterocycles. The lowest BCUT2D eigenvalue weighted by atomic mass is 10.3. The van der Waals surface area contributed by atoms with E-state index in [1.165, 1.54) is 12.1 Å². The van der Waals surface area contributed by atoms with Gasteiger partial charge >= 0.3 is 0 Å². The van der Waals surface area contributed by atoms with Crippen LogP contribution < -0.4 is 0 Å². The summed E-state index contributed by atoms with van der Waals surface area (Å²) in [4.78, 5) is 14.5. The van der Waals surface area contributed by atoms with Crippen LogP contribution >= 0.6 is 23.1 Å². The SMILES string of the molecule is CCSc1nc2cc([N+](=O)[O-])ccc2s1. The molecule has 0 N–H and O–H groups in total. The number of benzene rings is 1. The van der Waals surface area contributed by atoms with Crippen molar-refractivity contribution in [3.05, 3.63) is 28.3 Å². The molecule has 0 atom stereocenters. The first-order valence-corrected chi connectivity index (χ1v) is 6.18. The molecule has 0 aliphatic carbocycles. The van der Waals surface area contributed by atoms with Crippen LogP contribution in [0.1, 0.15) is 6.92 Å². The fourth-order valence-corrected chi connectivity index (χ4v) is 3.14. The Balaban J connectivity index is 2.47. The largest absolute Gasteiger partial charge is 0.271 e.